The number of hydrogen-bond acceptors (Lipinski definition) is 3. The number of benzene rings is 1. The van der Waals surface area contributed by atoms with Gasteiger partial charge in [0.05, 0.1) is 11.3 Å². The monoisotopic (exact) mass is 363 g/mol. The maximum Gasteiger partial charge on any atom is 0.365 e. The lowest BCUT2D eigenvalue weighted by Gasteiger charge is -2.36. The molecular weight excluding hydrogens is 342 g/mol. The number of fused-ring (bicyclic) bond motifs is 2. The Morgan fingerprint density at radius 3 is 2.64 bits per heavy atom. The van der Waals surface area contributed by atoms with Crippen molar-refractivity contribution in [3.63, 3.8) is 0 Å². The lowest BCUT2D eigenvalue weighted by molar-refractivity contribution is 0.0508. The largest absolute Gasteiger partial charge is 0.365 e. The molecule has 118 valence electrons. The second-order valence-electron chi connectivity index (χ2n) is 7.11. The lowest BCUT2D eigenvalue weighted by Crippen LogP contribution is -2.36. The standard InChI is InChI=1S/C18H22BrNO2/c1-12-4-6-13(7-5-12)16(21)22-20-15-10-14-8-9-17(15,2)18(14,3)11-19/h4-7,14H,8-11H2,1-3H3/b20-15-/t14?,17?,18-/m0/s1. The Hall–Kier alpha value is -1.16. The van der Waals surface area contributed by atoms with E-state index in [4.69, 9.17) is 4.84 Å². The van der Waals surface area contributed by atoms with Crippen LogP contribution < -0.4 is 0 Å². The molecule has 2 bridgehead atoms. The number of carbonyl (C=O) groups excluding carboxylic acids is 1. The predicted molar refractivity (Wildman–Crippen MR) is 91.4 cm³/mol. The molecule has 0 radical (unpaired) electrons. The smallest absolute Gasteiger partial charge is 0.313 e. The van der Waals surface area contributed by atoms with E-state index in [0.717, 1.165) is 29.4 Å². The second-order valence-corrected chi connectivity index (χ2v) is 7.67. The van der Waals surface area contributed by atoms with Crippen molar-refractivity contribution in [1.82, 2.24) is 0 Å². The number of aryl methyl sites for hydroxylation is 1. The zero-order valence-corrected chi connectivity index (χ0v) is 14.9. The number of carbonyl (C=O) groups is 1. The minimum atomic E-state index is -0.376. The normalized spacial score (nSPS) is 35.1. The van der Waals surface area contributed by atoms with E-state index in [1.54, 1.807) is 12.1 Å². The molecule has 3 nitrogen and oxygen atoms in total. The summed E-state index contributed by atoms with van der Waals surface area (Å²) in [6, 6.07) is 7.38. The lowest BCUT2D eigenvalue weighted by atomic mass is 9.70. The maximum atomic E-state index is 12.1. The first-order chi connectivity index (χ1) is 10.4. The Labute approximate surface area is 140 Å². The summed E-state index contributed by atoms with van der Waals surface area (Å²) in [5, 5.41) is 5.23. The summed E-state index contributed by atoms with van der Waals surface area (Å²) in [6.45, 7) is 6.58. The van der Waals surface area contributed by atoms with Crippen LogP contribution in [0.25, 0.3) is 0 Å². The third-order valence-electron chi connectivity index (χ3n) is 6.03. The third-order valence-corrected chi connectivity index (χ3v) is 7.20. The summed E-state index contributed by atoms with van der Waals surface area (Å²) >= 11 is 3.68. The molecule has 0 aliphatic heterocycles. The van der Waals surface area contributed by atoms with E-state index < -0.39 is 0 Å². The highest BCUT2D eigenvalue weighted by molar-refractivity contribution is 9.09. The molecule has 2 fully saturated rings. The van der Waals surface area contributed by atoms with Crippen LogP contribution in [0.4, 0.5) is 0 Å². The fourth-order valence-electron chi connectivity index (χ4n) is 4.01. The molecule has 2 saturated carbocycles. The van der Waals surface area contributed by atoms with E-state index in [1.165, 1.54) is 6.42 Å². The van der Waals surface area contributed by atoms with Gasteiger partial charge in [0.1, 0.15) is 0 Å². The van der Waals surface area contributed by atoms with Crippen molar-refractivity contribution in [2.75, 3.05) is 5.33 Å². The van der Waals surface area contributed by atoms with Crippen LogP contribution in [-0.4, -0.2) is 17.0 Å². The van der Waals surface area contributed by atoms with Crippen LogP contribution in [0.15, 0.2) is 29.4 Å². The SMILES string of the molecule is Cc1ccc(C(=O)O/N=C2/CC3CCC2(C)[C@@]3(C)CBr)cc1. The van der Waals surface area contributed by atoms with Gasteiger partial charge in [-0.3, -0.25) is 0 Å². The maximum absolute atomic E-state index is 12.1. The highest BCUT2D eigenvalue weighted by atomic mass is 79.9. The van der Waals surface area contributed by atoms with E-state index >= 15 is 0 Å². The summed E-state index contributed by atoms with van der Waals surface area (Å²) in [7, 11) is 0. The molecule has 0 spiro atoms. The topological polar surface area (TPSA) is 38.7 Å². The van der Waals surface area contributed by atoms with Crippen LogP contribution in [-0.2, 0) is 4.84 Å². The molecule has 22 heavy (non-hydrogen) atoms. The van der Waals surface area contributed by atoms with Crippen molar-refractivity contribution < 1.29 is 9.63 Å². The van der Waals surface area contributed by atoms with Crippen molar-refractivity contribution >= 4 is 27.6 Å². The summed E-state index contributed by atoms with van der Waals surface area (Å²) in [6.07, 6.45) is 3.31. The summed E-state index contributed by atoms with van der Waals surface area (Å²) < 4.78 is 0. The molecule has 0 N–H and O–H groups in total. The number of alkyl halides is 1. The van der Waals surface area contributed by atoms with Gasteiger partial charge in [-0.05, 0) is 49.7 Å². The van der Waals surface area contributed by atoms with Gasteiger partial charge in [-0.15, -0.1) is 0 Å². The van der Waals surface area contributed by atoms with Crippen molar-refractivity contribution in [1.29, 1.82) is 0 Å². The Kier molecular flexibility index (Phi) is 3.92. The van der Waals surface area contributed by atoms with E-state index in [-0.39, 0.29) is 16.8 Å². The molecule has 2 aliphatic rings. The Morgan fingerprint density at radius 1 is 1.36 bits per heavy atom. The Morgan fingerprint density at radius 2 is 2.05 bits per heavy atom. The van der Waals surface area contributed by atoms with E-state index in [0.29, 0.717) is 11.5 Å². The molecule has 3 rings (SSSR count). The first-order valence-corrected chi connectivity index (χ1v) is 8.94. The van der Waals surface area contributed by atoms with E-state index in [2.05, 4.69) is 34.9 Å². The average molecular weight is 364 g/mol. The first-order valence-electron chi connectivity index (χ1n) is 7.82. The molecular formula is C18H22BrNO2. The van der Waals surface area contributed by atoms with Gasteiger partial charge in [-0.1, -0.05) is 52.6 Å². The zero-order valence-electron chi connectivity index (χ0n) is 13.4. The van der Waals surface area contributed by atoms with Gasteiger partial charge in [-0.2, -0.15) is 0 Å². The molecule has 4 heteroatoms. The Balaban J connectivity index is 1.77. The van der Waals surface area contributed by atoms with Gasteiger partial charge in [0.15, 0.2) is 0 Å². The fraction of sp³-hybridized carbons (Fsp3) is 0.556. The van der Waals surface area contributed by atoms with Crippen molar-refractivity contribution in [3.8, 4) is 0 Å². The quantitative estimate of drug-likeness (QED) is 0.442. The number of halogens is 1. The van der Waals surface area contributed by atoms with Gasteiger partial charge in [0, 0.05) is 10.7 Å². The van der Waals surface area contributed by atoms with Crippen molar-refractivity contribution in [3.05, 3.63) is 35.4 Å². The highest BCUT2D eigenvalue weighted by Crippen LogP contribution is 2.64. The molecule has 0 heterocycles. The van der Waals surface area contributed by atoms with Crippen LogP contribution in [0.5, 0.6) is 0 Å². The van der Waals surface area contributed by atoms with Gasteiger partial charge in [-0.25, -0.2) is 4.79 Å². The fourth-order valence-corrected chi connectivity index (χ4v) is 5.09. The summed E-state index contributed by atoms with van der Waals surface area (Å²) in [5.41, 5.74) is 2.96. The molecule has 0 aromatic heterocycles. The second kappa shape index (κ2) is 5.48. The van der Waals surface area contributed by atoms with Gasteiger partial charge >= 0.3 is 5.97 Å². The molecule has 0 amide bonds. The minimum Gasteiger partial charge on any atom is -0.313 e. The van der Waals surface area contributed by atoms with Gasteiger partial charge in [0.2, 0.25) is 0 Å². The predicted octanol–water partition coefficient (Wildman–Crippen LogP) is 4.73. The first kappa shape index (κ1) is 15.7. The number of rotatable bonds is 3. The molecule has 3 atom stereocenters. The van der Waals surface area contributed by atoms with Crippen molar-refractivity contribution in [2.24, 2.45) is 21.9 Å². The number of hydrogen-bond donors (Lipinski definition) is 0. The molecule has 1 aromatic rings. The summed E-state index contributed by atoms with van der Waals surface area (Å²) in [4.78, 5) is 17.4. The van der Waals surface area contributed by atoms with Crippen LogP contribution in [0.2, 0.25) is 0 Å². The molecule has 2 unspecified atom stereocenters. The summed E-state index contributed by atoms with van der Waals surface area (Å²) in [5.74, 6) is 0.258. The number of nitrogens with zero attached hydrogens (tertiary/aromatic N) is 1. The highest BCUT2D eigenvalue weighted by Gasteiger charge is 2.62. The number of oxime groups is 1. The van der Waals surface area contributed by atoms with Crippen LogP contribution in [0.1, 0.15) is 49.0 Å². The van der Waals surface area contributed by atoms with Crippen LogP contribution >= 0.6 is 15.9 Å². The van der Waals surface area contributed by atoms with E-state index in [1.807, 2.05) is 19.1 Å². The average Bonchev–Trinajstić information content (AvgIpc) is 2.89. The zero-order chi connectivity index (χ0) is 16.0. The van der Waals surface area contributed by atoms with Gasteiger partial charge < -0.3 is 4.84 Å². The van der Waals surface area contributed by atoms with Crippen LogP contribution in [0, 0.1) is 23.7 Å². The van der Waals surface area contributed by atoms with E-state index in [9.17, 15) is 4.79 Å². The Bertz CT molecular complexity index is 624. The van der Waals surface area contributed by atoms with Crippen LogP contribution in [0.3, 0.4) is 0 Å². The molecule has 1 aromatic carbocycles. The van der Waals surface area contributed by atoms with Crippen molar-refractivity contribution in [2.45, 2.75) is 40.0 Å². The molecule has 2 aliphatic carbocycles. The third kappa shape index (κ3) is 2.23. The van der Waals surface area contributed by atoms with Gasteiger partial charge in [0.25, 0.3) is 0 Å². The molecule has 0 saturated heterocycles. The minimum absolute atomic E-state index is 0.0364.